The van der Waals surface area contributed by atoms with Crippen molar-refractivity contribution in [3.05, 3.63) is 0 Å². The van der Waals surface area contributed by atoms with Crippen molar-refractivity contribution in [3.8, 4) is 0 Å². The Morgan fingerprint density at radius 1 is 0.507 bits per heavy atom. The molecular formula is C33H34F26O8. The third-order valence-corrected chi connectivity index (χ3v) is 11.6. The van der Waals surface area contributed by atoms with Crippen molar-refractivity contribution >= 4 is 11.9 Å². The maximum atomic E-state index is 15.3. The first kappa shape index (κ1) is 60.1. The van der Waals surface area contributed by atoms with E-state index in [1.807, 2.05) is 0 Å². The molecule has 2 heterocycles. The van der Waals surface area contributed by atoms with Gasteiger partial charge in [0.25, 0.3) is 11.2 Å². The van der Waals surface area contributed by atoms with E-state index in [4.69, 9.17) is 0 Å². The maximum absolute atomic E-state index is 15.3. The summed E-state index contributed by atoms with van der Waals surface area (Å²) in [6.45, 7) is 2.37. The second-order valence-corrected chi connectivity index (χ2v) is 15.7. The van der Waals surface area contributed by atoms with Gasteiger partial charge < -0.3 is 29.2 Å². The van der Waals surface area contributed by atoms with E-state index < -0.39 is 170 Å². The van der Waals surface area contributed by atoms with Gasteiger partial charge in [-0.2, -0.15) is 114 Å². The molecule has 3 aliphatic rings. The van der Waals surface area contributed by atoms with Crippen LogP contribution in [0.25, 0.3) is 0 Å². The molecule has 1 saturated carbocycles. The number of rotatable bonds is 7. The first-order valence-electron chi connectivity index (χ1n) is 18.5. The number of esters is 2. The molecule has 8 nitrogen and oxygen atoms in total. The predicted molar refractivity (Wildman–Crippen MR) is 162 cm³/mol. The van der Waals surface area contributed by atoms with E-state index >= 15 is 17.6 Å². The Kier molecular flexibility index (Phi) is 15.3. The monoisotopic (exact) mass is 1050 g/mol. The van der Waals surface area contributed by atoms with Gasteiger partial charge >= 0.3 is 84.3 Å². The van der Waals surface area contributed by atoms with E-state index in [1.54, 1.807) is 0 Å². The highest BCUT2D eigenvalue weighted by Gasteiger charge is 3.04. The average molecular weight is 1050 g/mol. The number of alkyl halides is 26. The zero-order valence-corrected chi connectivity index (χ0v) is 33.9. The van der Waals surface area contributed by atoms with Crippen LogP contribution in [0.3, 0.4) is 0 Å². The zero-order valence-electron chi connectivity index (χ0n) is 33.9. The lowest BCUT2D eigenvalue weighted by atomic mass is 9.63. The van der Waals surface area contributed by atoms with Crippen molar-refractivity contribution in [3.63, 3.8) is 0 Å². The summed E-state index contributed by atoms with van der Waals surface area (Å²) in [6, 6.07) is 0. The molecule has 2 N–H and O–H groups in total. The minimum atomic E-state index is -7.52. The number of hydrogen-bond acceptors (Lipinski definition) is 8. The Morgan fingerprint density at radius 3 is 1.09 bits per heavy atom. The lowest BCUT2D eigenvalue weighted by Gasteiger charge is -2.62. The van der Waals surface area contributed by atoms with Crippen LogP contribution in [0.2, 0.25) is 0 Å². The van der Waals surface area contributed by atoms with Crippen molar-refractivity contribution < 1.29 is 153 Å². The molecule has 0 spiro atoms. The Hall–Kier alpha value is -3.04. The summed E-state index contributed by atoms with van der Waals surface area (Å²) < 4.78 is 379. The molecule has 2 aliphatic heterocycles. The van der Waals surface area contributed by atoms with Gasteiger partial charge in [-0.1, -0.05) is 47.0 Å². The van der Waals surface area contributed by atoms with Gasteiger partial charge in [-0.15, -0.1) is 0 Å². The number of hydrogen-bond donors (Lipinski definition) is 2. The van der Waals surface area contributed by atoms with Gasteiger partial charge in [0.05, 0.1) is 11.8 Å². The Morgan fingerprint density at radius 2 is 0.821 bits per heavy atom. The van der Waals surface area contributed by atoms with E-state index in [9.17, 15) is 116 Å². The number of carbonyl (C=O) groups is 2. The Bertz CT molecular complexity index is 1800. The van der Waals surface area contributed by atoms with Crippen LogP contribution in [0.4, 0.5) is 114 Å². The van der Waals surface area contributed by atoms with Crippen LogP contribution in [0, 0.1) is 17.8 Å². The third-order valence-electron chi connectivity index (χ3n) is 11.6. The van der Waals surface area contributed by atoms with Gasteiger partial charge in [0.2, 0.25) is 11.2 Å². The van der Waals surface area contributed by atoms with Crippen molar-refractivity contribution in [2.75, 3.05) is 0 Å². The van der Waals surface area contributed by atoms with Gasteiger partial charge in [0.1, 0.15) is 0 Å². The fourth-order valence-corrected chi connectivity index (χ4v) is 7.09. The standard InChI is InChI=1S/C19H21F13O4.C14H13F13O4/c1-3-9(2)11(33)35-16(19(30,31)32)15(22,23)13(34,18(27,28)29)14(20,21)12(36-16,17(24,25)26)10-7-5-4-6-8-10;1-4-5(2)6(28)30-11(14(25,26)27)10(17,18)8(29,13(22,23)24)9(15,16)7(3,31-11)12(19,20)21/h9-10,34H,3-8H2,1-2H3;5,29H,4H2,1-3H3. The van der Waals surface area contributed by atoms with Crippen LogP contribution in [-0.4, -0.2) is 117 Å². The van der Waals surface area contributed by atoms with E-state index in [2.05, 4.69) is 18.9 Å². The molecule has 8 unspecified atom stereocenters. The van der Waals surface area contributed by atoms with E-state index in [1.165, 1.54) is 0 Å². The zero-order chi connectivity index (χ0) is 53.7. The molecule has 0 radical (unpaired) electrons. The van der Waals surface area contributed by atoms with Crippen LogP contribution in [0.5, 0.6) is 0 Å². The molecule has 1 aliphatic carbocycles. The molecule has 0 bridgehead atoms. The quantitative estimate of drug-likeness (QED) is 0.192. The lowest BCUT2D eigenvalue weighted by molar-refractivity contribution is -0.584. The third kappa shape index (κ3) is 8.01. The predicted octanol–water partition coefficient (Wildman–Crippen LogP) is 11.1. The van der Waals surface area contributed by atoms with Crippen LogP contribution in [0.15, 0.2) is 0 Å². The van der Waals surface area contributed by atoms with Crippen molar-refractivity contribution in [1.29, 1.82) is 0 Å². The van der Waals surface area contributed by atoms with Crippen molar-refractivity contribution in [1.82, 2.24) is 0 Å². The molecule has 0 aromatic rings. The summed E-state index contributed by atoms with van der Waals surface area (Å²) in [5.41, 5.74) is -26.7. The van der Waals surface area contributed by atoms with Gasteiger partial charge in [-0.05, 0) is 32.6 Å². The van der Waals surface area contributed by atoms with Gasteiger partial charge in [0.15, 0.2) is 0 Å². The minimum absolute atomic E-state index is 0.0309. The molecule has 2 saturated heterocycles. The molecule has 8 atom stereocenters. The van der Waals surface area contributed by atoms with Gasteiger partial charge in [-0.3, -0.25) is 9.59 Å². The van der Waals surface area contributed by atoms with Gasteiger partial charge in [0, 0.05) is 5.92 Å². The largest absolute Gasteiger partial charge is 0.462 e. The van der Waals surface area contributed by atoms with Gasteiger partial charge in [-0.25, -0.2) is 0 Å². The molecule has 3 rings (SSSR count). The Balaban J connectivity index is 0.000000466. The summed E-state index contributed by atoms with van der Waals surface area (Å²) in [7, 11) is 0. The number of halogens is 26. The molecule has 0 aromatic carbocycles. The van der Waals surface area contributed by atoms with Crippen molar-refractivity contribution in [2.24, 2.45) is 17.8 Å². The minimum Gasteiger partial charge on any atom is -0.418 e. The molecule has 34 heteroatoms. The summed E-state index contributed by atoms with van der Waals surface area (Å²) in [5.74, 6) is -53.9. The van der Waals surface area contributed by atoms with E-state index in [-0.39, 0.29) is 6.42 Å². The summed E-state index contributed by atoms with van der Waals surface area (Å²) >= 11 is 0. The molecule has 67 heavy (non-hydrogen) atoms. The summed E-state index contributed by atoms with van der Waals surface area (Å²) in [6.07, 6.45) is -47.3. The molecule has 3 fully saturated rings. The van der Waals surface area contributed by atoms with Crippen LogP contribution < -0.4 is 0 Å². The normalized spacial score (nSPS) is 34.8. The van der Waals surface area contributed by atoms with Crippen LogP contribution >= 0.6 is 0 Å². The summed E-state index contributed by atoms with van der Waals surface area (Å²) in [4.78, 5) is 23.8. The molecule has 0 aromatic heterocycles. The summed E-state index contributed by atoms with van der Waals surface area (Å²) in [5, 5.41) is 19.1. The number of ether oxygens (including phenoxy) is 4. The molecule has 396 valence electrons. The first-order chi connectivity index (χ1) is 29.2. The maximum Gasteiger partial charge on any atom is 0.462 e. The van der Waals surface area contributed by atoms with Crippen LogP contribution in [0.1, 0.15) is 79.6 Å². The highest BCUT2D eigenvalue weighted by molar-refractivity contribution is 5.73. The van der Waals surface area contributed by atoms with Crippen molar-refractivity contribution in [2.45, 2.75) is 174 Å². The van der Waals surface area contributed by atoms with Crippen LogP contribution in [-0.2, 0) is 28.5 Å². The fourth-order valence-electron chi connectivity index (χ4n) is 7.09. The molecular weight excluding hydrogens is 1020 g/mol. The Labute approximate surface area is 357 Å². The highest BCUT2D eigenvalue weighted by Crippen LogP contribution is 2.73. The van der Waals surface area contributed by atoms with E-state index in [0.29, 0.717) is 6.92 Å². The number of carbonyl (C=O) groups excluding carboxylic acids is 2. The van der Waals surface area contributed by atoms with E-state index in [0.717, 1.165) is 20.8 Å². The topological polar surface area (TPSA) is 112 Å². The number of aliphatic hydroxyl groups is 2. The average Bonchev–Trinajstić information content (AvgIpc) is 3.13. The lowest BCUT2D eigenvalue weighted by Crippen LogP contribution is -2.91. The second-order valence-electron chi connectivity index (χ2n) is 15.7. The second kappa shape index (κ2) is 17.1. The highest BCUT2D eigenvalue weighted by atomic mass is 19.4. The fraction of sp³-hybridized carbons (Fsp3) is 0.939. The SMILES string of the molecule is CCC(C)C(=O)OC1(C(F)(F)F)OC(C)(C(F)(F)F)C(F)(F)C(O)(C(F)(F)F)C1(F)F.CCC(C)C(=O)OC1(C(F)(F)F)OC(C2CCCCC2)(C(F)(F)F)C(F)(F)C(O)(C(F)(F)F)C1(F)F. The smallest absolute Gasteiger partial charge is 0.418 e. The first-order valence-corrected chi connectivity index (χ1v) is 18.5. The molecule has 0 amide bonds.